The molecule has 1 amide bonds. The van der Waals surface area contributed by atoms with Crippen LogP contribution >= 0.6 is 91.8 Å². The fourth-order valence-electron chi connectivity index (χ4n) is 15.3. The number of nitrogens with one attached hydrogen (secondary N) is 1. The number of nitrogens with zero attached hydrogens (tertiary/aromatic N) is 18. The van der Waals surface area contributed by atoms with E-state index in [0.717, 1.165) is 155 Å². The Morgan fingerprint density at radius 3 is 1.29 bits per heavy atom. The molecule has 0 bridgehead atoms. The van der Waals surface area contributed by atoms with Crippen molar-refractivity contribution in [3.05, 3.63) is 251 Å². The summed E-state index contributed by atoms with van der Waals surface area (Å²) in [5.74, 6) is 4.74. The van der Waals surface area contributed by atoms with E-state index >= 15 is 0 Å². The SMILES string of the molecule is CCc1nnc2n1-c1sc(C)c(C)c1C(c1ccc(Cl)cc1)=N[C@H]2CC(=O)OC(C)(C)C.Cc1sc2c(c1C)C(c1ccc(Cl)cc1)=NC(C)(C)c1nnc(C)n1-2.Cc1sc2c(c1C)C(c1ccc(Cl)cc1)=NC(CC(=O)NCCN1CCN(C)CC1)c1nnc(C)n1-2.Cc1sc2c(c1C)C(c1ccc(Cl)cc1)=N[C@@H](CC(=O)OC(C)(C)C)c1nncn1-2. The third-order valence-corrected chi connectivity index (χ3v) is 27.8. The number of halogens is 4. The quantitative estimate of drug-likeness (QED) is 0.0992. The Morgan fingerprint density at radius 2 is 0.837 bits per heavy atom. The van der Waals surface area contributed by atoms with E-state index in [1.807, 2.05) is 157 Å². The highest BCUT2D eigenvalue weighted by Crippen LogP contribution is 2.46. The number of likely N-dealkylation sites (N-methyl/N-ethyl adjacent to an activating group) is 1. The van der Waals surface area contributed by atoms with Gasteiger partial charge in [0, 0.05) is 130 Å². The average molecular weight is 1810 g/mol. The van der Waals surface area contributed by atoms with Gasteiger partial charge in [0.1, 0.15) is 78.7 Å². The van der Waals surface area contributed by atoms with Crippen LogP contribution in [0.1, 0.15) is 227 Å². The molecular formula is C91H101Cl4N19O5S4. The van der Waals surface area contributed by atoms with E-state index in [1.165, 1.54) is 41.8 Å². The number of aromatic nitrogens is 12. The van der Waals surface area contributed by atoms with Gasteiger partial charge in [0.25, 0.3) is 0 Å². The Balaban J connectivity index is 0.000000135. The van der Waals surface area contributed by atoms with E-state index in [-0.39, 0.29) is 37.1 Å². The minimum Gasteiger partial charge on any atom is -0.460 e. The number of carbonyl (C=O) groups excluding carboxylic acids is 3. The molecule has 642 valence electrons. The predicted octanol–water partition coefficient (Wildman–Crippen LogP) is 19.6. The average Bonchev–Trinajstić information content (AvgIpc) is 1.59. The number of piperazine rings is 1. The smallest absolute Gasteiger partial charge is 0.308 e. The molecule has 13 heterocycles. The molecule has 8 aromatic heterocycles. The van der Waals surface area contributed by atoms with Gasteiger partial charge in [-0.3, -0.25) is 57.5 Å². The first-order valence-electron chi connectivity index (χ1n) is 40.9. The Bertz CT molecular complexity index is 6110. The van der Waals surface area contributed by atoms with Crippen molar-refractivity contribution < 1.29 is 23.9 Å². The molecule has 1 saturated heterocycles. The van der Waals surface area contributed by atoms with E-state index in [1.54, 1.807) is 51.7 Å². The molecule has 1 fully saturated rings. The fraction of sp³-hybridized carbons (Fsp3) is 0.396. The van der Waals surface area contributed by atoms with Crippen LogP contribution in [-0.2, 0) is 35.8 Å². The van der Waals surface area contributed by atoms with Crippen LogP contribution in [0.3, 0.4) is 0 Å². The maximum absolute atomic E-state index is 13.1. The summed E-state index contributed by atoms with van der Waals surface area (Å²) in [5.41, 5.74) is 14.9. The van der Waals surface area contributed by atoms with Crippen molar-refractivity contribution in [2.75, 3.05) is 46.3 Å². The highest BCUT2D eigenvalue weighted by atomic mass is 35.5. The lowest BCUT2D eigenvalue weighted by Gasteiger charge is -2.32. The second-order valence-corrected chi connectivity index (χ2v) is 40.3. The summed E-state index contributed by atoms with van der Waals surface area (Å²) in [5, 5.41) is 45.0. The lowest BCUT2D eigenvalue weighted by atomic mass is 9.98. The molecule has 1 N–H and O–H groups in total. The van der Waals surface area contributed by atoms with Crippen LogP contribution in [0.15, 0.2) is 123 Å². The molecule has 4 aromatic carbocycles. The van der Waals surface area contributed by atoms with Gasteiger partial charge in [0.15, 0.2) is 23.3 Å². The number of thiophene rings is 4. The molecule has 5 aliphatic rings. The van der Waals surface area contributed by atoms with Crippen molar-refractivity contribution in [2.45, 2.75) is 192 Å². The van der Waals surface area contributed by atoms with Crippen LogP contribution in [-0.4, -0.2) is 167 Å². The van der Waals surface area contributed by atoms with E-state index < -0.39 is 34.9 Å². The number of hydrogen-bond donors (Lipinski definition) is 1. The number of hydrogen-bond acceptors (Lipinski definition) is 23. The number of fused-ring (bicyclic) bond motifs is 12. The molecule has 12 aromatic rings. The van der Waals surface area contributed by atoms with E-state index in [4.69, 9.17) is 75.8 Å². The van der Waals surface area contributed by atoms with Gasteiger partial charge in [-0.15, -0.1) is 86.1 Å². The number of amides is 1. The van der Waals surface area contributed by atoms with Gasteiger partial charge in [-0.1, -0.05) is 102 Å². The standard InChI is InChI=1S/C26H32ClN7OS.C24H27ClN4O2S.C22H23ClN4O2S.C19H19ClN4S/c1-16-17(2)36-26-23(16)24(19-5-7-20(27)8-6-19)29-21(25-31-30-18(3)34(25)26)15-22(35)28-9-10-33-13-11-32(4)12-14-33;1-7-18-27-28-22-17(12-19(30)31-24(4,5)6)26-21(15-8-10-16(25)11-9-15)20-13(2)14(3)32-23(20)29(18)22;1-12-13(2)30-21-18(12)19(14-6-8-15(23)9-7-14)25-16(20-26-24-11-27(20)21)10-17(28)29-22(3,4)5;1-10-11(2)25-17-15(10)16(13-6-8-14(20)9-7-13)21-19(4,5)18-23-22-12(3)24(17)18/h5-8,21H,9-15H2,1-4H3,(H,28,35);8-11,17H,7,12H2,1-6H3;6-9,11,16H,10H2,1-5H3;6-9H,1-5H3/t;17-;16-;/m.00./s1. The zero-order valence-electron chi connectivity index (χ0n) is 72.9. The highest BCUT2D eigenvalue weighted by Gasteiger charge is 2.40. The van der Waals surface area contributed by atoms with Crippen molar-refractivity contribution >= 4 is 132 Å². The summed E-state index contributed by atoms with van der Waals surface area (Å²) in [6.45, 7) is 44.0. The normalized spacial score (nSPS) is 16.4. The van der Waals surface area contributed by atoms with Crippen molar-refractivity contribution in [1.82, 2.24) is 74.2 Å². The van der Waals surface area contributed by atoms with Crippen molar-refractivity contribution in [3.63, 3.8) is 0 Å². The Kier molecular flexibility index (Phi) is 26.6. The Morgan fingerprint density at radius 1 is 0.463 bits per heavy atom. The fourth-order valence-corrected chi connectivity index (χ4v) is 20.6. The topological polar surface area (TPSA) is 260 Å². The first kappa shape index (κ1) is 89.7. The number of benzene rings is 4. The summed E-state index contributed by atoms with van der Waals surface area (Å²) >= 11 is 31.4. The number of aliphatic imine (C=N–C) groups is 4. The van der Waals surface area contributed by atoms with Crippen LogP contribution in [0.2, 0.25) is 20.1 Å². The highest BCUT2D eigenvalue weighted by molar-refractivity contribution is 7.16. The molecule has 0 saturated carbocycles. The molecule has 5 aliphatic heterocycles. The Labute approximate surface area is 753 Å². The summed E-state index contributed by atoms with van der Waals surface area (Å²) in [7, 11) is 2.15. The predicted molar refractivity (Wildman–Crippen MR) is 496 cm³/mol. The molecule has 0 radical (unpaired) electrons. The van der Waals surface area contributed by atoms with Gasteiger partial charge in [-0.2, -0.15) is 0 Å². The third-order valence-electron chi connectivity index (χ3n) is 22.0. The monoisotopic (exact) mass is 1810 g/mol. The van der Waals surface area contributed by atoms with Gasteiger partial charge in [0.05, 0.1) is 42.1 Å². The van der Waals surface area contributed by atoms with E-state index in [2.05, 4.69) is 153 Å². The van der Waals surface area contributed by atoms with Crippen molar-refractivity contribution in [1.29, 1.82) is 0 Å². The molecule has 1 unspecified atom stereocenters. The zero-order valence-corrected chi connectivity index (χ0v) is 79.1. The summed E-state index contributed by atoms with van der Waals surface area (Å²) in [6.07, 6.45) is 2.79. The summed E-state index contributed by atoms with van der Waals surface area (Å²) in [4.78, 5) is 68.6. The minimum atomic E-state index is -0.570. The number of esters is 2. The van der Waals surface area contributed by atoms with Crippen LogP contribution in [0.25, 0.3) is 20.0 Å². The summed E-state index contributed by atoms with van der Waals surface area (Å²) < 4.78 is 19.4. The molecular weight excluding hydrogens is 1710 g/mol. The molecule has 0 spiro atoms. The number of aryl methyl sites for hydroxylation is 7. The molecule has 17 rings (SSSR count). The van der Waals surface area contributed by atoms with Gasteiger partial charge < -0.3 is 19.7 Å². The van der Waals surface area contributed by atoms with E-state index in [9.17, 15) is 14.4 Å². The van der Waals surface area contributed by atoms with E-state index in [0.29, 0.717) is 39.1 Å². The van der Waals surface area contributed by atoms with Crippen molar-refractivity contribution in [2.24, 2.45) is 20.0 Å². The molecule has 32 heteroatoms. The van der Waals surface area contributed by atoms with Crippen molar-refractivity contribution in [3.8, 4) is 20.0 Å². The second-order valence-electron chi connectivity index (χ2n) is 33.7. The second kappa shape index (κ2) is 36.5. The summed E-state index contributed by atoms with van der Waals surface area (Å²) in [6, 6.07) is 29.4. The van der Waals surface area contributed by atoms with Crippen LogP contribution in [0.5, 0.6) is 0 Å². The molecule has 24 nitrogen and oxygen atoms in total. The first-order chi connectivity index (χ1) is 58.3. The third kappa shape index (κ3) is 19.3. The number of rotatable bonds is 14. The van der Waals surface area contributed by atoms with Crippen LogP contribution in [0, 0.1) is 69.2 Å². The largest absolute Gasteiger partial charge is 0.460 e. The van der Waals surface area contributed by atoms with Gasteiger partial charge >= 0.3 is 11.9 Å². The number of carbonyl (C=O) groups is 3. The molecule has 123 heavy (non-hydrogen) atoms. The first-order valence-corrected chi connectivity index (χ1v) is 45.7. The van der Waals surface area contributed by atoms with Gasteiger partial charge in [0.2, 0.25) is 5.91 Å². The molecule has 0 aliphatic carbocycles. The number of ether oxygens (including phenoxy) is 2. The minimum absolute atomic E-state index is 0.0290. The van der Waals surface area contributed by atoms with Crippen LogP contribution in [0.4, 0.5) is 0 Å². The Hall–Kier alpha value is -9.59. The zero-order chi connectivity index (χ0) is 88.2. The van der Waals surface area contributed by atoms with Crippen LogP contribution < -0.4 is 5.32 Å². The van der Waals surface area contributed by atoms with Gasteiger partial charge in [-0.05, 0) is 202 Å². The maximum Gasteiger partial charge on any atom is 0.308 e. The van der Waals surface area contributed by atoms with Gasteiger partial charge in [-0.25, -0.2) is 0 Å². The lowest BCUT2D eigenvalue weighted by molar-refractivity contribution is -0.156. The molecule has 3 atom stereocenters. The maximum atomic E-state index is 13.1. The lowest BCUT2D eigenvalue weighted by Crippen LogP contribution is -2.47.